The number of phenolic OH excluding ortho intramolecular Hbond substituents is 1. The number of nitrogens with one attached hydrogen (secondary N) is 1. The molecule has 0 aliphatic heterocycles. The van der Waals surface area contributed by atoms with E-state index in [0.29, 0.717) is 27.0 Å². The molecule has 0 saturated carbocycles. The first-order valence-corrected chi connectivity index (χ1v) is 9.85. The number of nitrogens with zero attached hydrogens (tertiary/aromatic N) is 3. The number of hydrogen-bond acceptors (Lipinski definition) is 5. The normalized spacial score (nSPS) is 11.7. The van der Waals surface area contributed by atoms with E-state index in [1.165, 1.54) is 16.0 Å². The number of para-hydroxylation sites is 1. The molecule has 0 radical (unpaired) electrons. The van der Waals surface area contributed by atoms with Gasteiger partial charge in [-0.25, -0.2) is 4.98 Å². The average Bonchev–Trinajstić information content (AvgIpc) is 3.29. The van der Waals surface area contributed by atoms with Gasteiger partial charge in [0.25, 0.3) is 5.56 Å². The Kier molecular flexibility index (Phi) is 4.82. The number of aromatic nitrogens is 3. The van der Waals surface area contributed by atoms with Crippen LogP contribution in [0.1, 0.15) is 5.56 Å². The summed E-state index contributed by atoms with van der Waals surface area (Å²) in [5, 5.41) is 16.3. The molecule has 0 spiro atoms. The highest BCUT2D eigenvalue weighted by atomic mass is 32.1. The molecule has 0 saturated heterocycles. The minimum Gasteiger partial charge on any atom is -0.507 e. The molecule has 0 aliphatic carbocycles. The lowest BCUT2D eigenvalue weighted by Crippen LogP contribution is -2.33. The number of benzene rings is 2. The van der Waals surface area contributed by atoms with E-state index in [1.54, 1.807) is 18.2 Å². The van der Waals surface area contributed by atoms with E-state index < -0.39 is 0 Å². The lowest BCUT2D eigenvalue weighted by Gasteiger charge is -2.11. The second-order valence-corrected chi connectivity index (χ2v) is 7.64. The van der Waals surface area contributed by atoms with Gasteiger partial charge in [0.15, 0.2) is 0 Å². The van der Waals surface area contributed by atoms with Gasteiger partial charge in [-0.3, -0.25) is 9.89 Å². The van der Waals surface area contributed by atoms with Crippen LogP contribution in [0.4, 0.5) is 5.69 Å². The first-order valence-electron chi connectivity index (χ1n) is 8.97. The van der Waals surface area contributed by atoms with Crippen LogP contribution in [-0.4, -0.2) is 34.0 Å². The molecule has 29 heavy (non-hydrogen) atoms. The Morgan fingerprint density at radius 1 is 1.17 bits per heavy atom. The Balaban J connectivity index is 1.74. The molecular weight excluding hydrogens is 384 g/mol. The summed E-state index contributed by atoms with van der Waals surface area (Å²) in [5.74, 6) is 0.149. The first kappa shape index (κ1) is 18.8. The fraction of sp³-hybridized carbons (Fsp3) is 0.0909. The monoisotopic (exact) mass is 404 g/mol. The summed E-state index contributed by atoms with van der Waals surface area (Å²) in [5.41, 5.74) is 3.02. The Morgan fingerprint density at radius 2 is 1.90 bits per heavy atom. The van der Waals surface area contributed by atoms with E-state index in [4.69, 9.17) is 0 Å². The number of H-pyrrole nitrogens is 1. The van der Waals surface area contributed by atoms with Gasteiger partial charge in [0, 0.05) is 30.7 Å². The molecule has 0 amide bonds. The third-order valence-corrected chi connectivity index (χ3v) is 5.42. The maximum Gasteiger partial charge on any atom is 0.281 e. The number of thiazole rings is 1. The van der Waals surface area contributed by atoms with Gasteiger partial charge in [-0.05, 0) is 35.9 Å². The largest absolute Gasteiger partial charge is 0.507 e. The molecule has 6 nitrogen and oxygen atoms in total. The third-order valence-electron chi connectivity index (χ3n) is 4.59. The van der Waals surface area contributed by atoms with E-state index in [-0.39, 0.29) is 11.3 Å². The zero-order valence-electron chi connectivity index (χ0n) is 16.1. The van der Waals surface area contributed by atoms with Gasteiger partial charge in [0.2, 0.25) is 5.13 Å². The maximum absolute atomic E-state index is 13.0. The minimum atomic E-state index is -0.218. The number of anilines is 1. The van der Waals surface area contributed by atoms with Crippen molar-refractivity contribution in [3.63, 3.8) is 0 Å². The molecule has 146 valence electrons. The molecule has 2 aromatic carbocycles. The smallest absolute Gasteiger partial charge is 0.281 e. The van der Waals surface area contributed by atoms with Crippen molar-refractivity contribution in [2.45, 2.75) is 0 Å². The average molecular weight is 404 g/mol. The van der Waals surface area contributed by atoms with E-state index in [9.17, 15) is 9.90 Å². The lowest BCUT2D eigenvalue weighted by molar-refractivity contribution is 0.477. The van der Waals surface area contributed by atoms with Crippen LogP contribution < -0.4 is 21.0 Å². The number of aromatic hydroxyl groups is 1. The van der Waals surface area contributed by atoms with Gasteiger partial charge in [-0.2, -0.15) is 4.68 Å². The van der Waals surface area contributed by atoms with Crippen molar-refractivity contribution in [1.29, 1.82) is 0 Å². The summed E-state index contributed by atoms with van der Waals surface area (Å²) < 4.78 is 1.39. The molecule has 4 aromatic rings. The summed E-state index contributed by atoms with van der Waals surface area (Å²) >= 11 is 1.32. The Hall–Kier alpha value is -3.58. The SMILES string of the molecule is C=c1[nH]n(-c2nc(-c3ccccc3O)cs2)c(=O)/c1=C/c1ccc(N(C)C)cc1. The van der Waals surface area contributed by atoms with Gasteiger partial charge in [0.05, 0.1) is 16.3 Å². The van der Waals surface area contributed by atoms with Crippen molar-refractivity contribution in [2.75, 3.05) is 19.0 Å². The highest BCUT2D eigenvalue weighted by Gasteiger charge is 2.12. The summed E-state index contributed by atoms with van der Waals surface area (Å²) in [7, 11) is 3.96. The highest BCUT2D eigenvalue weighted by Crippen LogP contribution is 2.29. The first-order chi connectivity index (χ1) is 13.9. The Labute approximate surface area is 171 Å². The van der Waals surface area contributed by atoms with Crippen molar-refractivity contribution in [1.82, 2.24) is 14.8 Å². The molecular formula is C22H20N4O2S. The number of hydrogen-bond donors (Lipinski definition) is 2. The molecule has 0 atom stereocenters. The number of aromatic amines is 1. The minimum absolute atomic E-state index is 0.149. The van der Waals surface area contributed by atoms with Gasteiger partial charge in [0.1, 0.15) is 5.75 Å². The molecule has 4 rings (SSSR count). The molecule has 0 aliphatic rings. The second kappa shape index (κ2) is 7.44. The molecule has 2 heterocycles. The standard InChI is InChI=1S/C22H20N4O2S/c1-14-18(12-15-8-10-16(11-9-15)25(2)3)21(28)26(24-14)22-23-19(13-29-22)17-6-4-5-7-20(17)27/h4-13,24,27H,1H2,2-3H3/b18-12+. The number of rotatable bonds is 4. The topological polar surface area (TPSA) is 74.1 Å². The van der Waals surface area contributed by atoms with E-state index in [0.717, 1.165) is 11.3 Å². The van der Waals surface area contributed by atoms with Crippen molar-refractivity contribution in [3.05, 3.63) is 80.4 Å². The Morgan fingerprint density at radius 3 is 2.59 bits per heavy atom. The zero-order chi connectivity index (χ0) is 20.5. The molecule has 0 fully saturated rings. The maximum atomic E-state index is 13.0. The quantitative estimate of drug-likeness (QED) is 0.547. The fourth-order valence-electron chi connectivity index (χ4n) is 3.00. The van der Waals surface area contributed by atoms with E-state index in [2.05, 4.69) is 16.7 Å². The summed E-state index contributed by atoms with van der Waals surface area (Å²) in [6, 6.07) is 14.9. The van der Waals surface area contributed by atoms with Crippen LogP contribution in [0, 0.1) is 0 Å². The molecule has 0 bridgehead atoms. The van der Waals surface area contributed by atoms with Crippen molar-refractivity contribution in [3.8, 4) is 22.1 Å². The highest BCUT2D eigenvalue weighted by molar-refractivity contribution is 7.12. The van der Waals surface area contributed by atoms with Crippen LogP contribution in [0.25, 0.3) is 29.0 Å². The van der Waals surface area contributed by atoms with E-state index >= 15 is 0 Å². The lowest BCUT2D eigenvalue weighted by atomic mass is 10.1. The van der Waals surface area contributed by atoms with Crippen LogP contribution in [0.5, 0.6) is 5.75 Å². The van der Waals surface area contributed by atoms with E-state index in [1.807, 2.05) is 60.8 Å². The van der Waals surface area contributed by atoms with Gasteiger partial charge < -0.3 is 10.0 Å². The van der Waals surface area contributed by atoms with Crippen molar-refractivity contribution in [2.24, 2.45) is 0 Å². The fourth-order valence-corrected chi connectivity index (χ4v) is 3.78. The molecule has 7 heteroatoms. The van der Waals surface area contributed by atoms with Gasteiger partial charge in [-0.1, -0.05) is 30.8 Å². The van der Waals surface area contributed by atoms with Crippen LogP contribution in [0.2, 0.25) is 0 Å². The predicted octanol–water partition coefficient (Wildman–Crippen LogP) is 2.30. The van der Waals surface area contributed by atoms with Crippen LogP contribution >= 0.6 is 11.3 Å². The summed E-state index contributed by atoms with van der Waals surface area (Å²) in [6.07, 6.45) is 1.81. The van der Waals surface area contributed by atoms with Crippen LogP contribution in [0.3, 0.4) is 0 Å². The molecule has 2 aromatic heterocycles. The zero-order valence-corrected chi connectivity index (χ0v) is 16.9. The number of phenols is 1. The summed E-state index contributed by atoms with van der Waals surface area (Å²) in [4.78, 5) is 19.5. The van der Waals surface area contributed by atoms with Crippen LogP contribution in [0.15, 0.2) is 58.7 Å². The van der Waals surface area contributed by atoms with Crippen molar-refractivity contribution >= 4 is 29.7 Å². The van der Waals surface area contributed by atoms with Gasteiger partial charge >= 0.3 is 0 Å². The third kappa shape index (κ3) is 3.60. The second-order valence-electron chi connectivity index (χ2n) is 6.81. The summed E-state index contributed by atoms with van der Waals surface area (Å²) in [6.45, 7) is 3.97. The van der Waals surface area contributed by atoms with Gasteiger partial charge in [-0.15, -0.1) is 11.3 Å². The molecule has 2 N–H and O–H groups in total. The van der Waals surface area contributed by atoms with Crippen LogP contribution in [-0.2, 0) is 0 Å². The predicted molar refractivity (Wildman–Crippen MR) is 118 cm³/mol. The Bertz CT molecular complexity index is 1330. The van der Waals surface area contributed by atoms with Crippen molar-refractivity contribution < 1.29 is 5.11 Å². The molecule has 0 unspecified atom stereocenters.